The van der Waals surface area contributed by atoms with Gasteiger partial charge in [0, 0.05) is 12.2 Å². The zero-order chi connectivity index (χ0) is 11.1. The van der Waals surface area contributed by atoms with Gasteiger partial charge in [0.25, 0.3) is 0 Å². The van der Waals surface area contributed by atoms with Crippen LogP contribution in [-0.2, 0) is 0 Å². The van der Waals surface area contributed by atoms with Gasteiger partial charge in [-0.25, -0.2) is 0 Å². The lowest BCUT2D eigenvalue weighted by molar-refractivity contribution is 0.613. The van der Waals surface area contributed by atoms with Crippen molar-refractivity contribution >= 4 is 23.3 Å². The fourth-order valence-electron chi connectivity index (χ4n) is 2.54. The SMILES string of the molecule is CCCC1CC1n1c(=S)[nH]c2cnccc21. The van der Waals surface area contributed by atoms with Crippen LogP contribution in [-0.4, -0.2) is 14.5 Å². The molecule has 16 heavy (non-hydrogen) atoms. The van der Waals surface area contributed by atoms with Gasteiger partial charge in [0.2, 0.25) is 0 Å². The van der Waals surface area contributed by atoms with Gasteiger partial charge in [-0.2, -0.15) is 0 Å². The minimum absolute atomic E-state index is 0.614. The van der Waals surface area contributed by atoms with Crippen molar-refractivity contribution < 1.29 is 0 Å². The van der Waals surface area contributed by atoms with Crippen LogP contribution in [0.1, 0.15) is 32.2 Å². The summed E-state index contributed by atoms with van der Waals surface area (Å²) in [5.74, 6) is 0.823. The summed E-state index contributed by atoms with van der Waals surface area (Å²) in [5, 5.41) is 0. The van der Waals surface area contributed by atoms with Crippen LogP contribution in [0.25, 0.3) is 11.0 Å². The molecule has 1 fully saturated rings. The maximum Gasteiger partial charge on any atom is 0.178 e. The summed E-state index contributed by atoms with van der Waals surface area (Å²) in [6.45, 7) is 2.24. The van der Waals surface area contributed by atoms with Crippen molar-refractivity contribution in [2.45, 2.75) is 32.2 Å². The van der Waals surface area contributed by atoms with E-state index in [0.717, 1.165) is 16.2 Å². The van der Waals surface area contributed by atoms with Crippen LogP contribution in [0.15, 0.2) is 18.5 Å². The molecule has 0 bridgehead atoms. The minimum Gasteiger partial charge on any atom is -0.329 e. The van der Waals surface area contributed by atoms with Gasteiger partial charge in [-0.1, -0.05) is 13.3 Å². The summed E-state index contributed by atoms with van der Waals surface area (Å²) < 4.78 is 3.11. The molecule has 3 nitrogen and oxygen atoms in total. The Hall–Kier alpha value is -1.16. The second kappa shape index (κ2) is 3.70. The van der Waals surface area contributed by atoms with E-state index in [2.05, 4.69) is 21.5 Å². The Morgan fingerprint density at radius 1 is 1.62 bits per heavy atom. The number of imidazole rings is 1. The molecule has 0 aliphatic heterocycles. The van der Waals surface area contributed by atoms with Gasteiger partial charge in [0.05, 0.1) is 17.2 Å². The van der Waals surface area contributed by atoms with Gasteiger partial charge < -0.3 is 9.55 Å². The molecule has 1 N–H and O–H groups in total. The van der Waals surface area contributed by atoms with Gasteiger partial charge in [-0.15, -0.1) is 0 Å². The number of aromatic amines is 1. The standard InChI is InChI=1S/C12H15N3S/c1-2-3-8-6-11(8)15-10-4-5-13-7-9(10)14-12(15)16/h4-5,7-8,11H,2-3,6H2,1H3,(H,14,16). The summed E-state index contributed by atoms with van der Waals surface area (Å²) in [7, 11) is 0. The molecule has 0 aromatic carbocycles. The molecule has 2 aromatic heterocycles. The van der Waals surface area contributed by atoms with Crippen LogP contribution in [0.4, 0.5) is 0 Å². The van der Waals surface area contributed by atoms with Gasteiger partial charge in [-0.3, -0.25) is 4.98 Å². The predicted molar refractivity (Wildman–Crippen MR) is 67.0 cm³/mol. The molecule has 2 heterocycles. The van der Waals surface area contributed by atoms with Gasteiger partial charge in [0.1, 0.15) is 0 Å². The molecule has 4 heteroatoms. The minimum atomic E-state index is 0.614. The first kappa shape index (κ1) is 10.0. The normalized spacial score (nSPS) is 23.8. The first-order valence-electron chi connectivity index (χ1n) is 5.85. The molecular weight excluding hydrogens is 218 g/mol. The molecule has 2 atom stereocenters. The van der Waals surface area contributed by atoms with E-state index < -0.39 is 0 Å². The molecular formula is C12H15N3S. The molecule has 2 unspecified atom stereocenters. The highest BCUT2D eigenvalue weighted by Crippen LogP contribution is 2.47. The van der Waals surface area contributed by atoms with Crippen molar-refractivity contribution in [3.63, 3.8) is 0 Å². The highest BCUT2D eigenvalue weighted by Gasteiger charge is 2.38. The average molecular weight is 233 g/mol. The van der Waals surface area contributed by atoms with Crippen molar-refractivity contribution in [2.24, 2.45) is 5.92 Å². The van der Waals surface area contributed by atoms with Gasteiger partial charge in [0.15, 0.2) is 4.77 Å². The van der Waals surface area contributed by atoms with Crippen LogP contribution in [0.2, 0.25) is 0 Å². The number of H-pyrrole nitrogens is 1. The molecule has 1 saturated carbocycles. The molecule has 0 saturated heterocycles. The number of rotatable bonds is 3. The van der Waals surface area contributed by atoms with E-state index in [4.69, 9.17) is 12.2 Å². The number of nitrogens with zero attached hydrogens (tertiary/aromatic N) is 2. The lowest BCUT2D eigenvalue weighted by Crippen LogP contribution is -1.96. The lowest BCUT2D eigenvalue weighted by Gasteiger charge is -2.02. The maximum atomic E-state index is 5.39. The molecule has 84 valence electrons. The molecule has 1 aliphatic carbocycles. The fraction of sp³-hybridized carbons (Fsp3) is 0.500. The Labute approximate surface area is 99.5 Å². The topological polar surface area (TPSA) is 33.6 Å². The predicted octanol–water partition coefficient (Wildman–Crippen LogP) is 3.45. The summed E-state index contributed by atoms with van der Waals surface area (Å²) in [6.07, 6.45) is 7.53. The smallest absolute Gasteiger partial charge is 0.178 e. The highest BCUT2D eigenvalue weighted by atomic mass is 32.1. The summed E-state index contributed by atoms with van der Waals surface area (Å²) in [6, 6.07) is 2.66. The Bertz CT molecular complexity index is 569. The third-order valence-electron chi connectivity index (χ3n) is 3.39. The second-order valence-corrected chi connectivity index (χ2v) is 4.93. The van der Waals surface area contributed by atoms with Crippen LogP contribution in [0.3, 0.4) is 0 Å². The Balaban J connectivity index is 2.04. The van der Waals surface area contributed by atoms with E-state index in [0.29, 0.717) is 6.04 Å². The number of fused-ring (bicyclic) bond motifs is 1. The Morgan fingerprint density at radius 3 is 3.31 bits per heavy atom. The number of hydrogen-bond donors (Lipinski definition) is 1. The molecule has 0 radical (unpaired) electrons. The summed E-state index contributed by atoms with van der Waals surface area (Å²) in [4.78, 5) is 7.34. The van der Waals surface area contributed by atoms with Gasteiger partial charge >= 0.3 is 0 Å². The van der Waals surface area contributed by atoms with Crippen molar-refractivity contribution in [3.05, 3.63) is 23.2 Å². The molecule has 0 spiro atoms. The van der Waals surface area contributed by atoms with Crippen LogP contribution in [0, 0.1) is 10.7 Å². The van der Waals surface area contributed by atoms with E-state index >= 15 is 0 Å². The summed E-state index contributed by atoms with van der Waals surface area (Å²) >= 11 is 5.39. The molecule has 1 aliphatic rings. The monoisotopic (exact) mass is 233 g/mol. The Morgan fingerprint density at radius 2 is 2.50 bits per heavy atom. The second-order valence-electron chi connectivity index (χ2n) is 4.54. The number of pyridine rings is 1. The van der Waals surface area contributed by atoms with E-state index in [1.807, 2.05) is 18.5 Å². The highest BCUT2D eigenvalue weighted by molar-refractivity contribution is 7.71. The number of nitrogens with one attached hydrogen (secondary N) is 1. The fourth-order valence-corrected chi connectivity index (χ4v) is 2.88. The first-order valence-corrected chi connectivity index (χ1v) is 6.26. The van der Waals surface area contributed by atoms with Crippen LogP contribution < -0.4 is 0 Å². The van der Waals surface area contributed by atoms with E-state index in [1.54, 1.807) is 0 Å². The molecule has 3 rings (SSSR count). The quantitative estimate of drug-likeness (QED) is 0.824. The molecule has 2 aromatic rings. The third kappa shape index (κ3) is 1.48. The van der Waals surface area contributed by atoms with Crippen molar-refractivity contribution in [3.8, 4) is 0 Å². The number of aromatic nitrogens is 3. The van der Waals surface area contributed by atoms with Crippen LogP contribution >= 0.6 is 12.2 Å². The van der Waals surface area contributed by atoms with Crippen molar-refractivity contribution in [1.29, 1.82) is 0 Å². The van der Waals surface area contributed by atoms with E-state index in [1.165, 1.54) is 24.8 Å². The molecule has 0 amide bonds. The van der Waals surface area contributed by atoms with Gasteiger partial charge in [-0.05, 0) is 37.0 Å². The van der Waals surface area contributed by atoms with E-state index in [9.17, 15) is 0 Å². The Kier molecular flexibility index (Phi) is 2.32. The summed E-state index contributed by atoms with van der Waals surface area (Å²) in [5.41, 5.74) is 2.25. The van der Waals surface area contributed by atoms with Crippen molar-refractivity contribution in [2.75, 3.05) is 0 Å². The number of hydrogen-bond acceptors (Lipinski definition) is 2. The maximum absolute atomic E-state index is 5.39. The van der Waals surface area contributed by atoms with Crippen LogP contribution in [0.5, 0.6) is 0 Å². The largest absolute Gasteiger partial charge is 0.329 e. The zero-order valence-corrected chi connectivity index (χ0v) is 10.1. The van der Waals surface area contributed by atoms with Crippen molar-refractivity contribution in [1.82, 2.24) is 14.5 Å². The lowest BCUT2D eigenvalue weighted by atomic mass is 10.2. The van der Waals surface area contributed by atoms with E-state index in [-0.39, 0.29) is 0 Å². The first-order chi connectivity index (χ1) is 7.81. The average Bonchev–Trinajstić information content (AvgIpc) is 2.92. The zero-order valence-electron chi connectivity index (χ0n) is 9.31. The third-order valence-corrected chi connectivity index (χ3v) is 3.69.